The van der Waals surface area contributed by atoms with Crippen LogP contribution < -0.4 is 5.23 Å². The molecule has 1 aromatic rings. The third kappa shape index (κ3) is 3.24. The predicted molar refractivity (Wildman–Crippen MR) is 87.3 cm³/mol. The molecule has 1 aromatic carbocycles. The first-order chi connectivity index (χ1) is 11.7. The molecule has 2 fully saturated rings. The van der Waals surface area contributed by atoms with E-state index in [-0.39, 0.29) is 29.2 Å². The lowest BCUT2D eigenvalue weighted by Gasteiger charge is -2.37. The van der Waals surface area contributed by atoms with Crippen LogP contribution in [-0.4, -0.2) is 22.7 Å². The number of esters is 1. The van der Waals surface area contributed by atoms with Crippen LogP contribution in [0.25, 0.3) is 0 Å². The van der Waals surface area contributed by atoms with Crippen LogP contribution in [-0.2, 0) is 4.74 Å². The molecule has 2 bridgehead atoms. The third-order valence-electron chi connectivity index (χ3n) is 6.06. The molecular formula is C17H22N2O6. The maximum atomic E-state index is 12.3. The van der Waals surface area contributed by atoms with E-state index in [9.17, 15) is 20.1 Å². The second-order valence-corrected chi connectivity index (χ2v) is 7.63. The van der Waals surface area contributed by atoms with Gasteiger partial charge in [0.25, 0.3) is 5.69 Å². The van der Waals surface area contributed by atoms with Crippen molar-refractivity contribution in [2.75, 3.05) is 6.61 Å². The summed E-state index contributed by atoms with van der Waals surface area (Å²) >= 11 is 0. The molecule has 1 unspecified atom stereocenters. The highest BCUT2D eigenvalue weighted by Gasteiger charge is 2.52. The Morgan fingerprint density at radius 3 is 2.68 bits per heavy atom. The van der Waals surface area contributed by atoms with E-state index in [0.717, 1.165) is 31.0 Å². The number of ether oxygens (including phenoxy) is 1. The zero-order valence-corrected chi connectivity index (χ0v) is 14.2. The molecular weight excluding hydrogens is 328 g/mol. The summed E-state index contributed by atoms with van der Waals surface area (Å²) in [4.78, 5) is 22.6. The van der Waals surface area contributed by atoms with Crippen molar-refractivity contribution in [3.8, 4) is 0 Å². The number of rotatable bonds is 5. The van der Waals surface area contributed by atoms with Crippen LogP contribution in [0.3, 0.4) is 0 Å². The summed E-state index contributed by atoms with van der Waals surface area (Å²) in [5, 5.41) is 29.8. The fourth-order valence-electron chi connectivity index (χ4n) is 4.53. The van der Waals surface area contributed by atoms with E-state index >= 15 is 0 Å². The van der Waals surface area contributed by atoms with Gasteiger partial charge in [0.05, 0.1) is 23.2 Å². The zero-order chi connectivity index (χ0) is 18.4. The Kier molecular flexibility index (Phi) is 4.52. The first kappa shape index (κ1) is 17.8. The molecule has 2 aliphatic rings. The summed E-state index contributed by atoms with van der Waals surface area (Å²) in [6, 6.07) is 3.10. The second-order valence-electron chi connectivity index (χ2n) is 7.63. The van der Waals surface area contributed by atoms with E-state index < -0.39 is 21.8 Å². The number of carbonyl (C=O) groups is 1. The monoisotopic (exact) mass is 350 g/mol. The zero-order valence-electron chi connectivity index (χ0n) is 14.2. The van der Waals surface area contributed by atoms with Gasteiger partial charge in [-0.3, -0.25) is 10.1 Å². The summed E-state index contributed by atoms with van der Waals surface area (Å²) in [5.41, 5.74) is -0.737. The molecule has 2 aliphatic carbocycles. The lowest BCUT2D eigenvalue weighted by atomic mass is 9.69. The number of nitrogens with zero attached hydrogens (tertiary/aromatic N) is 1. The van der Waals surface area contributed by atoms with Crippen molar-refractivity contribution < 1.29 is 24.9 Å². The Hall–Kier alpha value is -2.03. The highest BCUT2D eigenvalue weighted by atomic mass is 16.8. The Labute approximate surface area is 145 Å². The van der Waals surface area contributed by atoms with Crippen LogP contribution in [0.15, 0.2) is 18.2 Å². The van der Waals surface area contributed by atoms with Gasteiger partial charge >= 0.3 is 5.97 Å². The van der Waals surface area contributed by atoms with Gasteiger partial charge in [0.2, 0.25) is 0 Å². The summed E-state index contributed by atoms with van der Waals surface area (Å²) in [7, 11) is 0. The number of benzene rings is 1. The summed E-state index contributed by atoms with van der Waals surface area (Å²) in [6.07, 6.45) is 3.53. The van der Waals surface area contributed by atoms with Crippen molar-refractivity contribution >= 4 is 17.3 Å². The molecule has 25 heavy (non-hydrogen) atoms. The number of nitro groups is 1. The number of nitrogens with one attached hydrogen (secondary N) is 1. The van der Waals surface area contributed by atoms with Crippen molar-refractivity contribution in [1.29, 1.82) is 0 Å². The number of hydrogen-bond acceptors (Lipinski definition) is 6. The highest BCUT2D eigenvalue weighted by molar-refractivity contribution is 5.91. The van der Waals surface area contributed by atoms with E-state index in [2.05, 4.69) is 13.8 Å². The molecule has 2 N–H and O–H groups in total. The number of hydrogen-bond donors (Lipinski definition) is 2. The van der Waals surface area contributed by atoms with Crippen molar-refractivity contribution in [3.05, 3.63) is 39.1 Å². The second kappa shape index (κ2) is 6.36. The summed E-state index contributed by atoms with van der Waals surface area (Å²) < 4.78 is 5.42. The van der Waals surface area contributed by atoms with Gasteiger partial charge in [-0.2, -0.15) is 5.23 Å². The van der Waals surface area contributed by atoms with Crippen LogP contribution in [0.4, 0.5) is 11.4 Å². The summed E-state index contributed by atoms with van der Waals surface area (Å²) in [6.45, 7) is 4.66. The molecule has 0 spiro atoms. The number of nitro benzene ring substituents is 1. The number of quaternary nitrogens is 1. The average Bonchev–Trinajstić information content (AvgIpc) is 3.12. The molecule has 136 valence electrons. The quantitative estimate of drug-likeness (QED) is 0.478. The minimum Gasteiger partial charge on any atom is -0.595 e. The summed E-state index contributed by atoms with van der Waals surface area (Å²) in [5.74, 6) is 0.753. The fourth-order valence-corrected chi connectivity index (χ4v) is 4.53. The van der Waals surface area contributed by atoms with Crippen LogP contribution in [0, 0.1) is 38.5 Å². The molecule has 0 amide bonds. The molecule has 3 rings (SSSR count). The SMILES string of the molecule is CC1(C)[C@@H]2CC[C@@H](C2)[C@@H]1COC(=O)c1cc([N+](=O)[O-])cc([NH+]([O-])O)c1. The molecule has 8 heteroatoms. The maximum Gasteiger partial charge on any atom is 0.338 e. The average molecular weight is 350 g/mol. The Morgan fingerprint density at radius 1 is 1.40 bits per heavy atom. The normalized spacial score (nSPS) is 27.9. The van der Waals surface area contributed by atoms with E-state index in [1.165, 1.54) is 6.42 Å². The fraction of sp³-hybridized carbons (Fsp3) is 0.588. The first-order valence-corrected chi connectivity index (χ1v) is 8.40. The van der Waals surface area contributed by atoms with Crippen LogP contribution >= 0.6 is 0 Å². The van der Waals surface area contributed by atoms with Gasteiger partial charge in [0, 0.05) is 18.1 Å². The number of carbonyl (C=O) groups excluding carboxylic acids is 1. The first-order valence-electron chi connectivity index (χ1n) is 8.40. The standard InChI is InChI=1S/C17H22N2O6/c1-17(2)12-4-3-10(5-12)15(17)9-25-16(20)11-6-13(18(21)22)8-14(7-11)19(23)24/h6-8,10,12,15,18,21H,3-5,9H2,1-2H3/t10-,12+,15-/m0/s1. The number of non-ortho nitro benzene ring substituents is 1. The molecule has 0 heterocycles. The lowest BCUT2D eigenvalue weighted by Crippen LogP contribution is -2.99. The van der Waals surface area contributed by atoms with Gasteiger partial charge in [0.1, 0.15) is 0 Å². The van der Waals surface area contributed by atoms with Gasteiger partial charge in [-0.1, -0.05) is 13.8 Å². The maximum absolute atomic E-state index is 12.3. The van der Waals surface area contributed by atoms with Gasteiger partial charge in [-0.15, -0.1) is 0 Å². The molecule has 0 saturated heterocycles. The third-order valence-corrected chi connectivity index (χ3v) is 6.06. The van der Waals surface area contributed by atoms with Gasteiger partial charge in [-0.05, 0) is 36.5 Å². The van der Waals surface area contributed by atoms with E-state index in [1.807, 2.05) is 0 Å². The Bertz CT molecular complexity index is 702. The van der Waals surface area contributed by atoms with Gasteiger partial charge in [0.15, 0.2) is 5.69 Å². The molecule has 8 nitrogen and oxygen atoms in total. The van der Waals surface area contributed by atoms with E-state index in [0.29, 0.717) is 11.8 Å². The number of fused-ring (bicyclic) bond motifs is 2. The molecule has 0 radical (unpaired) electrons. The van der Waals surface area contributed by atoms with Crippen molar-refractivity contribution in [2.45, 2.75) is 33.1 Å². The van der Waals surface area contributed by atoms with Crippen molar-refractivity contribution in [2.24, 2.45) is 23.2 Å². The minimum atomic E-state index is -1.33. The Morgan fingerprint density at radius 2 is 2.12 bits per heavy atom. The minimum absolute atomic E-state index is 0.104. The molecule has 2 saturated carbocycles. The van der Waals surface area contributed by atoms with Gasteiger partial charge < -0.3 is 9.94 Å². The van der Waals surface area contributed by atoms with Crippen molar-refractivity contribution in [1.82, 2.24) is 0 Å². The molecule has 0 aromatic heterocycles. The van der Waals surface area contributed by atoms with Crippen LogP contribution in [0.2, 0.25) is 0 Å². The van der Waals surface area contributed by atoms with Gasteiger partial charge in [-0.25, -0.2) is 10.0 Å². The topological polar surface area (TPSA) is 117 Å². The van der Waals surface area contributed by atoms with Crippen molar-refractivity contribution in [3.63, 3.8) is 0 Å². The molecule has 0 aliphatic heterocycles. The van der Waals surface area contributed by atoms with Crippen LogP contribution in [0.5, 0.6) is 0 Å². The Balaban J connectivity index is 1.74. The smallest absolute Gasteiger partial charge is 0.338 e. The van der Waals surface area contributed by atoms with E-state index in [1.54, 1.807) is 0 Å². The largest absolute Gasteiger partial charge is 0.595 e. The predicted octanol–water partition coefficient (Wildman–Crippen LogP) is 2.23. The lowest BCUT2D eigenvalue weighted by molar-refractivity contribution is -0.991. The molecule has 4 atom stereocenters. The van der Waals surface area contributed by atoms with E-state index in [4.69, 9.17) is 9.94 Å². The highest BCUT2D eigenvalue weighted by Crippen LogP contribution is 2.59. The van der Waals surface area contributed by atoms with Crippen LogP contribution in [0.1, 0.15) is 43.5 Å².